The van der Waals surface area contributed by atoms with Crippen LogP contribution in [0.2, 0.25) is 0 Å². The number of ether oxygens (including phenoxy) is 1. The number of hydrogen-bond acceptors (Lipinski definition) is 4. The van der Waals surface area contributed by atoms with Gasteiger partial charge in [-0.25, -0.2) is 23.5 Å². The molecule has 0 N–H and O–H groups in total. The molecular formula is C29H27F4N6OP. The van der Waals surface area contributed by atoms with Gasteiger partial charge < -0.3 is 9.41 Å². The molecule has 0 amide bonds. The predicted molar refractivity (Wildman–Crippen MR) is 151 cm³/mol. The molecule has 7 nitrogen and oxygen atoms in total. The van der Waals surface area contributed by atoms with Crippen LogP contribution in [0.25, 0.3) is 5.69 Å². The average molecular weight is 583 g/mol. The number of aryl methyl sites for hydroxylation is 1. The Balaban J connectivity index is 1.75. The topological polar surface area (TPSA) is 58.3 Å². The highest BCUT2D eigenvalue weighted by atomic mass is 31.2. The summed E-state index contributed by atoms with van der Waals surface area (Å²) in [6.45, 7) is 3.39. The van der Waals surface area contributed by atoms with Crippen LogP contribution in [-0.4, -0.2) is 58.3 Å². The first-order chi connectivity index (χ1) is 19.7. The van der Waals surface area contributed by atoms with E-state index in [2.05, 4.69) is 4.67 Å². The summed E-state index contributed by atoms with van der Waals surface area (Å²) in [5.41, 5.74) is 0.481. The summed E-state index contributed by atoms with van der Waals surface area (Å²) >= 11 is 0. The number of rotatable bonds is 4. The molecule has 4 aromatic rings. The second-order valence-corrected chi connectivity index (χ2v) is 12.6. The summed E-state index contributed by atoms with van der Waals surface area (Å²) in [4.78, 5) is 4.95. The summed E-state index contributed by atoms with van der Waals surface area (Å²) in [5, 5.41) is 5.45. The Hall–Kier alpha value is -3.79. The highest BCUT2D eigenvalue weighted by molar-refractivity contribution is 7.70. The molecule has 0 aliphatic carbocycles. The second kappa shape index (κ2) is 10.6. The van der Waals surface area contributed by atoms with Crippen molar-refractivity contribution >= 4 is 30.0 Å². The van der Waals surface area contributed by atoms with Gasteiger partial charge >= 0.3 is 6.18 Å². The maximum atomic E-state index is 15.4. The Labute approximate surface area is 234 Å². The molecule has 2 aliphatic heterocycles. The fraction of sp³-hybridized carbons (Fsp3) is 0.241. The molecule has 0 saturated carbocycles. The molecule has 3 aromatic carbocycles. The van der Waals surface area contributed by atoms with Crippen LogP contribution >= 0.6 is 7.36 Å². The first-order valence-electron chi connectivity index (χ1n) is 13.1. The number of para-hydroxylation sites is 1. The molecule has 1 fully saturated rings. The van der Waals surface area contributed by atoms with Gasteiger partial charge in [-0.15, -0.1) is 0 Å². The lowest BCUT2D eigenvalue weighted by Crippen LogP contribution is -2.45. The zero-order valence-corrected chi connectivity index (χ0v) is 23.3. The molecule has 3 heterocycles. The lowest BCUT2D eigenvalue weighted by molar-refractivity contribution is -0.137. The molecule has 12 heteroatoms. The Bertz CT molecular complexity index is 1680. The lowest BCUT2D eigenvalue weighted by Gasteiger charge is -2.46. The molecular weight excluding hydrogens is 555 g/mol. The van der Waals surface area contributed by atoms with Crippen molar-refractivity contribution in [3.05, 3.63) is 102 Å². The van der Waals surface area contributed by atoms with Crippen molar-refractivity contribution in [1.29, 1.82) is 0 Å². The summed E-state index contributed by atoms with van der Waals surface area (Å²) in [7, 11) is -1.58. The fourth-order valence-electron chi connectivity index (χ4n) is 5.33. The minimum Gasteiger partial charge on any atom is -0.379 e. The molecule has 212 valence electrons. The maximum Gasteiger partial charge on any atom is 0.418 e. The molecule has 6 rings (SSSR count). The minimum absolute atomic E-state index is 0.195. The number of morpholine rings is 1. The number of alkyl halides is 3. The molecule has 0 radical (unpaired) electrons. The Morgan fingerprint density at radius 3 is 2.27 bits per heavy atom. The first kappa shape index (κ1) is 27.4. The van der Waals surface area contributed by atoms with E-state index in [-0.39, 0.29) is 17.1 Å². The van der Waals surface area contributed by atoms with Crippen LogP contribution in [0, 0.1) is 12.7 Å². The second-order valence-electron chi connectivity index (χ2n) is 9.69. The third-order valence-electron chi connectivity index (χ3n) is 7.20. The van der Waals surface area contributed by atoms with Gasteiger partial charge in [-0.2, -0.15) is 18.3 Å². The van der Waals surface area contributed by atoms with Gasteiger partial charge in [0, 0.05) is 20.1 Å². The summed E-state index contributed by atoms with van der Waals surface area (Å²) in [6.07, 6.45) is -4.63. The van der Waals surface area contributed by atoms with Crippen molar-refractivity contribution in [2.45, 2.75) is 13.1 Å². The highest BCUT2D eigenvalue weighted by Crippen LogP contribution is 2.62. The largest absolute Gasteiger partial charge is 0.418 e. The van der Waals surface area contributed by atoms with E-state index < -0.39 is 24.9 Å². The number of fused-ring (bicyclic) bond motifs is 1. The van der Waals surface area contributed by atoms with Crippen LogP contribution < -0.4 is 5.30 Å². The van der Waals surface area contributed by atoms with Crippen molar-refractivity contribution in [2.75, 3.05) is 33.4 Å². The first-order valence-corrected chi connectivity index (χ1v) is 14.7. The van der Waals surface area contributed by atoms with Gasteiger partial charge in [-0.1, -0.05) is 42.5 Å². The third kappa shape index (κ3) is 4.67. The standard InChI is InChI=1S/C29H27F4N6OP/c1-20-26-28(39(35-20)21-10-4-3-5-11-21)34-27(22-12-6-8-14-24(22)30)37(2)41(26,38-16-18-40-19-17-38)36-25-15-9-7-13-23(25)29(31,32)33/h3-15H,16-19H2,1-2H3/t41-/m0/s1. The maximum absolute atomic E-state index is 15.4. The molecule has 1 atom stereocenters. The van der Waals surface area contributed by atoms with E-state index in [0.717, 1.165) is 6.07 Å². The van der Waals surface area contributed by atoms with Crippen LogP contribution in [0.5, 0.6) is 0 Å². The monoisotopic (exact) mass is 582 g/mol. The fourth-order valence-corrected chi connectivity index (χ4v) is 9.16. The van der Waals surface area contributed by atoms with Gasteiger partial charge in [0.25, 0.3) is 0 Å². The van der Waals surface area contributed by atoms with E-state index in [1.54, 1.807) is 40.7 Å². The van der Waals surface area contributed by atoms with Crippen molar-refractivity contribution < 1.29 is 22.3 Å². The molecule has 1 saturated heterocycles. The predicted octanol–water partition coefficient (Wildman–Crippen LogP) is 6.68. The Morgan fingerprint density at radius 1 is 0.902 bits per heavy atom. The van der Waals surface area contributed by atoms with E-state index in [4.69, 9.17) is 19.6 Å². The molecule has 1 aromatic heterocycles. The average Bonchev–Trinajstić information content (AvgIpc) is 3.31. The summed E-state index contributed by atoms with van der Waals surface area (Å²) < 4.78 is 74.4. The van der Waals surface area contributed by atoms with E-state index in [1.807, 2.05) is 37.3 Å². The smallest absolute Gasteiger partial charge is 0.379 e. The lowest BCUT2D eigenvalue weighted by atomic mass is 10.2. The number of amidine groups is 1. The van der Waals surface area contributed by atoms with Crippen molar-refractivity contribution in [1.82, 2.24) is 19.1 Å². The van der Waals surface area contributed by atoms with Crippen LogP contribution in [0.15, 0.2) is 88.6 Å². The molecule has 0 unspecified atom stereocenters. The molecule has 41 heavy (non-hydrogen) atoms. The van der Waals surface area contributed by atoms with Crippen LogP contribution in [0.3, 0.4) is 0 Å². The number of hydrogen-bond donors (Lipinski definition) is 0. The van der Waals surface area contributed by atoms with Gasteiger partial charge in [0.1, 0.15) is 11.7 Å². The third-order valence-corrected chi connectivity index (χ3v) is 11.0. The van der Waals surface area contributed by atoms with Crippen LogP contribution in [-0.2, 0) is 10.9 Å². The molecule has 2 aliphatic rings. The highest BCUT2D eigenvalue weighted by Gasteiger charge is 2.46. The minimum atomic E-state index is -4.63. The quantitative estimate of drug-likeness (QED) is 0.199. The number of benzene rings is 3. The van der Waals surface area contributed by atoms with Gasteiger partial charge in [-0.05, 0) is 43.3 Å². The zero-order chi connectivity index (χ0) is 28.8. The van der Waals surface area contributed by atoms with Crippen LogP contribution in [0.4, 0.5) is 29.1 Å². The Morgan fingerprint density at radius 2 is 1.56 bits per heavy atom. The number of nitrogens with zero attached hydrogens (tertiary/aromatic N) is 6. The van der Waals surface area contributed by atoms with Gasteiger partial charge in [-0.3, -0.25) is 0 Å². The van der Waals surface area contributed by atoms with E-state index >= 15 is 4.39 Å². The van der Waals surface area contributed by atoms with Crippen LogP contribution in [0.1, 0.15) is 16.8 Å². The molecule has 0 bridgehead atoms. The van der Waals surface area contributed by atoms with E-state index in [1.165, 1.54) is 18.2 Å². The van der Waals surface area contributed by atoms with E-state index in [0.29, 0.717) is 48.8 Å². The Kier molecular flexibility index (Phi) is 7.05. The van der Waals surface area contributed by atoms with Gasteiger partial charge in [0.05, 0.1) is 46.7 Å². The normalized spacial score (nSPS) is 19.6. The number of aliphatic imine (C=N–C) groups is 1. The SMILES string of the molecule is Cc1nn(-c2ccccc2)c2c1[P@@](=Nc1ccccc1C(F)(F)F)(N1CCOCC1)N(C)C(c1ccccc1F)=N2. The number of halogens is 4. The van der Waals surface area contributed by atoms with Gasteiger partial charge in [0.15, 0.2) is 13.2 Å². The summed E-state index contributed by atoms with van der Waals surface area (Å²) in [5.74, 6) is 0.179. The van der Waals surface area contributed by atoms with Crippen molar-refractivity contribution in [2.24, 2.45) is 9.74 Å². The van der Waals surface area contributed by atoms with Gasteiger partial charge in [0.2, 0.25) is 0 Å². The summed E-state index contributed by atoms with van der Waals surface area (Å²) in [6, 6.07) is 20.9. The zero-order valence-electron chi connectivity index (χ0n) is 22.4. The number of aromatic nitrogens is 2. The van der Waals surface area contributed by atoms with Crippen molar-refractivity contribution in [3.63, 3.8) is 0 Å². The van der Waals surface area contributed by atoms with Crippen molar-refractivity contribution in [3.8, 4) is 5.69 Å². The van der Waals surface area contributed by atoms with E-state index in [9.17, 15) is 13.2 Å². The molecule has 0 spiro atoms.